The van der Waals surface area contributed by atoms with Crippen LogP contribution in [0.4, 0.5) is 11.4 Å². The van der Waals surface area contributed by atoms with Crippen molar-refractivity contribution in [2.24, 2.45) is 0 Å². The van der Waals surface area contributed by atoms with Crippen molar-refractivity contribution in [3.8, 4) is 0 Å². The van der Waals surface area contributed by atoms with Crippen LogP contribution in [0.15, 0.2) is 91.3 Å². The molecule has 0 aliphatic heterocycles. The monoisotopic (exact) mass is 500 g/mol. The topological polar surface area (TPSA) is 144 Å². The van der Waals surface area contributed by atoms with Gasteiger partial charge in [0.1, 0.15) is 0 Å². The number of rotatable bonds is 4. The van der Waals surface area contributed by atoms with E-state index in [9.17, 15) is 0 Å². The van der Waals surface area contributed by atoms with Gasteiger partial charge in [-0.15, -0.1) is 0 Å². The molecule has 0 saturated carbocycles. The number of hydrogen-bond donors (Lipinski definition) is 4. The molecule has 0 radical (unpaired) electrons. The third-order valence-electron chi connectivity index (χ3n) is 4.20. The Hall–Kier alpha value is -3.63. The van der Waals surface area contributed by atoms with E-state index in [4.69, 9.17) is 40.6 Å². The molecule has 10 heteroatoms. The SMILES string of the molecule is Clc1ccc(Cn2cccn2)cc1.Nc1ccc(C=Cc2ccccc2)cc1N.O=S(=O)(O)O. The molecular weight excluding hydrogens is 476 g/mol. The maximum Gasteiger partial charge on any atom is 0.394 e. The minimum atomic E-state index is -4.67. The molecule has 0 amide bonds. The summed E-state index contributed by atoms with van der Waals surface area (Å²) in [6.45, 7) is 0.796. The van der Waals surface area contributed by atoms with Crippen LogP contribution in [-0.4, -0.2) is 27.3 Å². The van der Waals surface area contributed by atoms with Gasteiger partial charge in [0.25, 0.3) is 0 Å². The van der Waals surface area contributed by atoms with Crippen LogP contribution < -0.4 is 11.5 Å². The second kappa shape index (κ2) is 13.2. The molecule has 0 aliphatic carbocycles. The molecule has 0 fully saturated rings. The summed E-state index contributed by atoms with van der Waals surface area (Å²) < 4.78 is 33.5. The number of hydrogen-bond acceptors (Lipinski definition) is 5. The van der Waals surface area contributed by atoms with E-state index in [1.54, 1.807) is 6.20 Å². The summed E-state index contributed by atoms with van der Waals surface area (Å²) >= 11 is 5.77. The summed E-state index contributed by atoms with van der Waals surface area (Å²) in [5.41, 5.74) is 16.0. The minimum Gasteiger partial charge on any atom is -0.397 e. The van der Waals surface area contributed by atoms with Gasteiger partial charge in [-0.05, 0) is 47.0 Å². The van der Waals surface area contributed by atoms with E-state index in [2.05, 4.69) is 17.2 Å². The highest BCUT2D eigenvalue weighted by Gasteiger charge is 1.95. The molecule has 1 heterocycles. The van der Waals surface area contributed by atoms with Crippen LogP contribution in [-0.2, 0) is 16.9 Å². The number of nitrogens with two attached hydrogens (primary N) is 2. The van der Waals surface area contributed by atoms with E-state index in [0.29, 0.717) is 11.4 Å². The average Bonchev–Trinajstić information content (AvgIpc) is 3.29. The molecule has 4 aromatic rings. The molecule has 0 unspecified atom stereocenters. The number of nitrogen functional groups attached to an aromatic ring is 2. The molecule has 0 bridgehead atoms. The van der Waals surface area contributed by atoms with Crippen molar-refractivity contribution in [1.29, 1.82) is 0 Å². The van der Waals surface area contributed by atoms with E-state index < -0.39 is 10.4 Å². The van der Waals surface area contributed by atoms with Gasteiger partial charge >= 0.3 is 10.4 Å². The lowest BCUT2D eigenvalue weighted by atomic mass is 10.1. The van der Waals surface area contributed by atoms with Gasteiger partial charge < -0.3 is 11.5 Å². The second-order valence-electron chi connectivity index (χ2n) is 6.91. The van der Waals surface area contributed by atoms with Crippen LogP contribution in [0.2, 0.25) is 5.02 Å². The Kier molecular flexibility index (Phi) is 10.3. The van der Waals surface area contributed by atoms with E-state index in [1.807, 2.05) is 89.8 Å². The molecule has 4 rings (SSSR count). The van der Waals surface area contributed by atoms with Gasteiger partial charge in [0.2, 0.25) is 0 Å². The molecule has 0 aliphatic rings. The Morgan fingerprint density at radius 1 is 0.853 bits per heavy atom. The van der Waals surface area contributed by atoms with E-state index >= 15 is 0 Å². The van der Waals surface area contributed by atoms with Crippen molar-refractivity contribution in [2.45, 2.75) is 6.54 Å². The predicted octanol–water partition coefficient (Wildman–Crippen LogP) is 4.95. The van der Waals surface area contributed by atoms with Gasteiger partial charge in [-0.3, -0.25) is 13.8 Å². The van der Waals surface area contributed by atoms with Crippen LogP contribution in [0.25, 0.3) is 12.2 Å². The van der Waals surface area contributed by atoms with Crippen molar-refractivity contribution in [1.82, 2.24) is 9.78 Å². The van der Waals surface area contributed by atoms with E-state index in [0.717, 1.165) is 22.7 Å². The largest absolute Gasteiger partial charge is 0.397 e. The number of nitrogens with zero attached hydrogens (tertiary/aromatic N) is 2. The molecule has 6 N–H and O–H groups in total. The third-order valence-corrected chi connectivity index (χ3v) is 4.45. The first-order chi connectivity index (χ1) is 16.1. The maximum atomic E-state index is 8.74. The van der Waals surface area contributed by atoms with Crippen LogP contribution in [0.5, 0.6) is 0 Å². The minimum absolute atomic E-state index is 0.621. The average molecular weight is 501 g/mol. The first kappa shape index (κ1) is 26.6. The Balaban J connectivity index is 0.000000204. The fraction of sp³-hybridized carbons (Fsp3) is 0.0417. The highest BCUT2D eigenvalue weighted by Crippen LogP contribution is 2.17. The maximum absolute atomic E-state index is 8.74. The standard InChI is InChI=1S/C14H14N2.C10H9ClN2.H2O4S/c15-13-9-8-12(10-14(13)16)7-6-11-4-2-1-3-5-11;11-10-4-2-9(3-5-10)8-13-7-1-6-12-13;1-5(2,3)4/h1-10H,15-16H2;1-7H,8H2;(H2,1,2,3,4). The Morgan fingerprint density at radius 3 is 2.03 bits per heavy atom. The van der Waals surface area contributed by atoms with Gasteiger partial charge in [-0.2, -0.15) is 13.5 Å². The van der Waals surface area contributed by atoms with Gasteiger partial charge in [0.15, 0.2) is 0 Å². The molecule has 8 nitrogen and oxygen atoms in total. The lowest BCUT2D eigenvalue weighted by Gasteiger charge is -2.01. The molecule has 3 aromatic carbocycles. The Bertz CT molecular complexity index is 1270. The van der Waals surface area contributed by atoms with E-state index in [-0.39, 0.29) is 0 Å². The van der Waals surface area contributed by atoms with Crippen LogP contribution in [0, 0.1) is 0 Å². The molecule has 0 atom stereocenters. The van der Waals surface area contributed by atoms with Crippen LogP contribution in [0.1, 0.15) is 16.7 Å². The van der Waals surface area contributed by atoms with Gasteiger partial charge in [0.05, 0.1) is 17.9 Å². The molecule has 34 heavy (non-hydrogen) atoms. The van der Waals surface area contributed by atoms with Crippen molar-refractivity contribution in [3.63, 3.8) is 0 Å². The lowest BCUT2D eigenvalue weighted by molar-refractivity contribution is 0.381. The molecule has 0 spiro atoms. The van der Waals surface area contributed by atoms with Crippen molar-refractivity contribution < 1.29 is 17.5 Å². The molecule has 1 aromatic heterocycles. The number of aromatic nitrogens is 2. The third kappa shape index (κ3) is 11.3. The van der Waals surface area contributed by atoms with Crippen molar-refractivity contribution in [2.75, 3.05) is 11.5 Å². The molecular formula is C24H25ClN4O4S. The van der Waals surface area contributed by atoms with E-state index in [1.165, 1.54) is 5.56 Å². The first-order valence-electron chi connectivity index (χ1n) is 9.90. The van der Waals surface area contributed by atoms with Gasteiger partial charge in [0, 0.05) is 17.4 Å². The van der Waals surface area contributed by atoms with Crippen LogP contribution >= 0.6 is 11.6 Å². The zero-order valence-corrected chi connectivity index (χ0v) is 19.6. The smallest absolute Gasteiger partial charge is 0.394 e. The summed E-state index contributed by atoms with van der Waals surface area (Å²) in [6.07, 6.45) is 7.78. The van der Waals surface area contributed by atoms with Crippen molar-refractivity contribution >= 4 is 45.5 Å². The summed E-state index contributed by atoms with van der Waals surface area (Å²) in [5.74, 6) is 0. The second-order valence-corrected chi connectivity index (χ2v) is 8.24. The summed E-state index contributed by atoms with van der Waals surface area (Å²) in [7, 11) is -4.67. The van der Waals surface area contributed by atoms with Crippen molar-refractivity contribution in [3.05, 3.63) is 113 Å². The van der Waals surface area contributed by atoms with Gasteiger partial charge in [-0.25, -0.2) is 0 Å². The fourth-order valence-corrected chi connectivity index (χ4v) is 2.75. The highest BCUT2D eigenvalue weighted by molar-refractivity contribution is 7.79. The van der Waals surface area contributed by atoms with Gasteiger partial charge in [-0.1, -0.05) is 72.3 Å². The molecule has 178 valence electrons. The lowest BCUT2D eigenvalue weighted by Crippen LogP contribution is -1.98. The zero-order chi connectivity index (χ0) is 25.0. The summed E-state index contributed by atoms with van der Waals surface area (Å²) in [4.78, 5) is 0. The first-order valence-corrected chi connectivity index (χ1v) is 11.7. The normalized spacial score (nSPS) is 10.7. The number of halogens is 1. The quantitative estimate of drug-likeness (QED) is 0.176. The predicted molar refractivity (Wildman–Crippen MR) is 138 cm³/mol. The Morgan fingerprint density at radius 2 is 1.47 bits per heavy atom. The number of benzene rings is 3. The molecule has 0 saturated heterocycles. The summed E-state index contributed by atoms with van der Waals surface area (Å²) in [6, 6.07) is 25.5. The fourth-order valence-electron chi connectivity index (χ4n) is 2.62. The number of anilines is 2. The summed E-state index contributed by atoms with van der Waals surface area (Å²) in [5, 5.41) is 4.89. The zero-order valence-electron chi connectivity index (χ0n) is 18.1. The van der Waals surface area contributed by atoms with Crippen LogP contribution in [0.3, 0.4) is 0 Å². The highest BCUT2D eigenvalue weighted by atomic mass is 35.5. The Labute approximate surface area is 203 Å².